The van der Waals surface area contributed by atoms with Crippen molar-refractivity contribution in [2.24, 2.45) is 5.73 Å². The minimum absolute atomic E-state index is 0.0500. The molecule has 0 rings (SSSR count). The van der Waals surface area contributed by atoms with Gasteiger partial charge in [0.15, 0.2) is 6.10 Å². The zero-order chi connectivity index (χ0) is 43.9. The Morgan fingerprint density at radius 3 is 1.37 bits per heavy atom. The number of allylic oxidation sites excluding steroid dienone is 10. The highest BCUT2D eigenvalue weighted by Gasteiger charge is 2.26. The molecule has 0 bridgehead atoms. The third kappa shape index (κ3) is 45.2. The lowest BCUT2D eigenvalue weighted by Gasteiger charge is -2.19. The van der Waals surface area contributed by atoms with Crippen molar-refractivity contribution in [2.75, 3.05) is 26.4 Å². The largest absolute Gasteiger partial charge is 0.472 e. The van der Waals surface area contributed by atoms with Crippen LogP contribution in [0.3, 0.4) is 0 Å². The van der Waals surface area contributed by atoms with Gasteiger partial charge in [-0.1, -0.05) is 203 Å². The van der Waals surface area contributed by atoms with E-state index in [1.165, 1.54) is 103 Å². The maximum absolute atomic E-state index is 12.6. The Hall–Kier alpha value is -2.29. The Labute approximate surface area is 368 Å². The van der Waals surface area contributed by atoms with Crippen LogP contribution in [0.15, 0.2) is 60.8 Å². The molecule has 2 atom stereocenters. The standard InChI is InChI=1S/C50H90NO8P/c1-3-5-7-9-11-13-15-17-19-21-22-23-24-25-26-27-29-31-33-35-37-39-41-43-50(53)59-48(47-58-60(54,55)57-45-44-51)46-56-49(52)42-40-38-36-34-32-30-28-20-18-16-14-12-10-8-6-4-2/h5,7,11,13,17,19,22-23,25-26,48H,3-4,6,8-10,12,14-16,18,20-21,24,27-47,51H2,1-2H3,(H,54,55)/b7-5-,13-11-,19-17-,23-22-,26-25-. The summed E-state index contributed by atoms with van der Waals surface area (Å²) in [4.78, 5) is 35.0. The number of carbonyl (C=O) groups is 2. The minimum atomic E-state index is -4.38. The van der Waals surface area contributed by atoms with Crippen LogP contribution < -0.4 is 5.73 Å². The predicted octanol–water partition coefficient (Wildman–Crippen LogP) is 14.4. The van der Waals surface area contributed by atoms with Crippen LogP contribution in [0.2, 0.25) is 0 Å². The SMILES string of the molecule is CC/C=C\C/C=C\C/C=C\C/C=C\C/C=C\CCCCCCCCCC(=O)OC(COC(=O)CCCCCCCCCCCCCCCCCC)COP(=O)(O)OCCN. The van der Waals surface area contributed by atoms with Crippen LogP contribution in [0.5, 0.6) is 0 Å². The number of carbonyl (C=O) groups excluding carboxylic acids is 2. The molecule has 0 saturated heterocycles. The average molecular weight is 864 g/mol. The summed E-state index contributed by atoms with van der Waals surface area (Å²) in [5.74, 6) is -0.837. The van der Waals surface area contributed by atoms with E-state index >= 15 is 0 Å². The maximum Gasteiger partial charge on any atom is 0.472 e. The van der Waals surface area contributed by atoms with Gasteiger partial charge in [0, 0.05) is 19.4 Å². The summed E-state index contributed by atoms with van der Waals surface area (Å²) in [5.41, 5.74) is 5.36. The highest BCUT2D eigenvalue weighted by molar-refractivity contribution is 7.47. The Bertz CT molecular complexity index is 1170. The van der Waals surface area contributed by atoms with E-state index in [9.17, 15) is 19.0 Å². The zero-order valence-electron chi connectivity index (χ0n) is 38.4. The van der Waals surface area contributed by atoms with Gasteiger partial charge in [-0.05, 0) is 57.8 Å². The van der Waals surface area contributed by atoms with Crippen LogP contribution in [0, 0.1) is 0 Å². The predicted molar refractivity (Wildman–Crippen MR) is 252 cm³/mol. The molecular weight excluding hydrogens is 774 g/mol. The monoisotopic (exact) mass is 864 g/mol. The molecular formula is C50H90NO8P. The third-order valence-electron chi connectivity index (χ3n) is 10.2. The van der Waals surface area contributed by atoms with Gasteiger partial charge in [-0.15, -0.1) is 0 Å². The van der Waals surface area contributed by atoms with Crippen molar-refractivity contribution in [1.82, 2.24) is 0 Å². The second-order valence-corrected chi connectivity index (χ2v) is 17.4. The number of ether oxygens (including phenoxy) is 2. The lowest BCUT2D eigenvalue weighted by Crippen LogP contribution is -2.29. The Morgan fingerprint density at radius 1 is 0.517 bits per heavy atom. The molecule has 0 aliphatic carbocycles. The molecule has 0 aliphatic heterocycles. The number of phosphoric ester groups is 1. The fraction of sp³-hybridized carbons (Fsp3) is 0.760. The third-order valence-corrected chi connectivity index (χ3v) is 11.2. The van der Waals surface area contributed by atoms with E-state index in [0.29, 0.717) is 6.42 Å². The summed E-state index contributed by atoms with van der Waals surface area (Å²) in [7, 11) is -4.38. The van der Waals surface area contributed by atoms with E-state index in [1.807, 2.05) is 0 Å². The molecule has 0 saturated carbocycles. The Morgan fingerprint density at radius 2 is 0.917 bits per heavy atom. The van der Waals surface area contributed by atoms with Crippen molar-refractivity contribution in [2.45, 2.75) is 219 Å². The molecule has 0 heterocycles. The number of hydrogen-bond donors (Lipinski definition) is 2. The Kier molecular flexibility index (Phi) is 44.5. The van der Waals surface area contributed by atoms with Gasteiger partial charge in [0.25, 0.3) is 0 Å². The molecule has 3 N–H and O–H groups in total. The van der Waals surface area contributed by atoms with E-state index < -0.39 is 26.5 Å². The molecule has 60 heavy (non-hydrogen) atoms. The summed E-state index contributed by atoms with van der Waals surface area (Å²) < 4.78 is 32.9. The van der Waals surface area contributed by atoms with Gasteiger partial charge >= 0.3 is 19.8 Å². The first-order valence-electron chi connectivity index (χ1n) is 24.3. The van der Waals surface area contributed by atoms with Crippen molar-refractivity contribution in [1.29, 1.82) is 0 Å². The molecule has 0 fully saturated rings. The fourth-order valence-electron chi connectivity index (χ4n) is 6.60. The number of hydrogen-bond acceptors (Lipinski definition) is 8. The molecule has 0 aromatic heterocycles. The number of nitrogens with two attached hydrogens (primary N) is 1. The lowest BCUT2D eigenvalue weighted by atomic mass is 10.0. The molecule has 0 spiro atoms. The van der Waals surface area contributed by atoms with Gasteiger partial charge < -0.3 is 20.1 Å². The number of rotatable bonds is 45. The topological polar surface area (TPSA) is 134 Å². The number of esters is 2. The molecule has 0 radical (unpaired) electrons. The molecule has 348 valence electrons. The molecule has 0 aromatic carbocycles. The molecule has 9 nitrogen and oxygen atoms in total. The van der Waals surface area contributed by atoms with Crippen molar-refractivity contribution in [3.05, 3.63) is 60.8 Å². The molecule has 2 unspecified atom stereocenters. The smallest absolute Gasteiger partial charge is 0.462 e. The number of phosphoric acid groups is 1. The summed E-state index contributed by atoms with van der Waals surface area (Å²) in [5, 5.41) is 0. The van der Waals surface area contributed by atoms with Crippen molar-refractivity contribution < 1.29 is 37.6 Å². The quantitative estimate of drug-likeness (QED) is 0.0265. The zero-order valence-corrected chi connectivity index (χ0v) is 39.3. The van der Waals surface area contributed by atoms with E-state index in [-0.39, 0.29) is 38.6 Å². The van der Waals surface area contributed by atoms with Crippen LogP contribution in [0.1, 0.15) is 213 Å². The van der Waals surface area contributed by atoms with Gasteiger partial charge in [0.05, 0.1) is 13.2 Å². The summed E-state index contributed by atoms with van der Waals surface area (Å²) in [6.45, 7) is 3.62. The lowest BCUT2D eigenvalue weighted by molar-refractivity contribution is -0.161. The molecule has 0 aromatic rings. The maximum atomic E-state index is 12.6. The molecule has 0 aliphatic rings. The van der Waals surface area contributed by atoms with Crippen LogP contribution in [-0.4, -0.2) is 49.3 Å². The van der Waals surface area contributed by atoms with Crippen molar-refractivity contribution in [3.63, 3.8) is 0 Å². The fourth-order valence-corrected chi connectivity index (χ4v) is 7.37. The van der Waals surface area contributed by atoms with Crippen molar-refractivity contribution in [3.8, 4) is 0 Å². The second-order valence-electron chi connectivity index (χ2n) is 16.0. The summed E-state index contributed by atoms with van der Waals surface area (Å²) in [6, 6.07) is 0. The molecule has 10 heteroatoms. The van der Waals surface area contributed by atoms with Crippen LogP contribution >= 0.6 is 7.82 Å². The Balaban J connectivity index is 4.11. The van der Waals surface area contributed by atoms with Gasteiger partial charge in [-0.25, -0.2) is 4.57 Å². The van der Waals surface area contributed by atoms with Crippen LogP contribution in [0.4, 0.5) is 0 Å². The first-order chi connectivity index (χ1) is 29.3. The highest BCUT2D eigenvalue weighted by atomic mass is 31.2. The first-order valence-corrected chi connectivity index (χ1v) is 25.8. The van der Waals surface area contributed by atoms with Crippen LogP contribution in [0.25, 0.3) is 0 Å². The molecule has 0 amide bonds. The van der Waals surface area contributed by atoms with E-state index in [4.69, 9.17) is 24.3 Å². The first kappa shape index (κ1) is 57.7. The van der Waals surface area contributed by atoms with E-state index in [0.717, 1.165) is 77.0 Å². The highest BCUT2D eigenvalue weighted by Crippen LogP contribution is 2.43. The van der Waals surface area contributed by atoms with Gasteiger partial charge in [-0.2, -0.15) is 0 Å². The summed E-state index contributed by atoms with van der Waals surface area (Å²) in [6.07, 6.45) is 55.3. The van der Waals surface area contributed by atoms with Gasteiger partial charge in [-0.3, -0.25) is 18.6 Å². The van der Waals surface area contributed by atoms with Crippen LogP contribution in [-0.2, 0) is 32.7 Å². The van der Waals surface area contributed by atoms with Crippen molar-refractivity contribution >= 4 is 19.8 Å². The number of unbranched alkanes of at least 4 members (excludes halogenated alkanes) is 22. The minimum Gasteiger partial charge on any atom is -0.462 e. The average Bonchev–Trinajstić information content (AvgIpc) is 3.24. The van der Waals surface area contributed by atoms with Gasteiger partial charge in [0.2, 0.25) is 0 Å². The van der Waals surface area contributed by atoms with Gasteiger partial charge in [0.1, 0.15) is 6.61 Å². The van der Waals surface area contributed by atoms with E-state index in [1.54, 1.807) is 0 Å². The van der Waals surface area contributed by atoms with E-state index in [2.05, 4.69) is 74.6 Å². The summed E-state index contributed by atoms with van der Waals surface area (Å²) >= 11 is 0. The normalized spacial score (nSPS) is 13.7. The second kappa shape index (κ2) is 46.2.